The van der Waals surface area contributed by atoms with E-state index in [-0.39, 0.29) is 5.95 Å². The molecular weight excluding hydrogens is 290 g/mol. The van der Waals surface area contributed by atoms with Crippen LogP contribution >= 0.6 is 34.2 Å². The van der Waals surface area contributed by atoms with Gasteiger partial charge in [-0.15, -0.1) is 5.10 Å². The summed E-state index contributed by atoms with van der Waals surface area (Å²) in [5, 5.41) is 4.49. The van der Waals surface area contributed by atoms with Crippen molar-refractivity contribution in [3.8, 4) is 0 Å². The topological polar surface area (TPSA) is 56.2 Å². The molecule has 0 aliphatic heterocycles. The van der Waals surface area contributed by atoms with Gasteiger partial charge >= 0.3 is 0 Å². The third-order valence-corrected chi connectivity index (χ3v) is 2.24. The van der Waals surface area contributed by atoms with Crippen molar-refractivity contribution in [3.05, 3.63) is 20.9 Å². The lowest BCUT2D eigenvalue weighted by Crippen LogP contribution is -1.90. The van der Waals surface area contributed by atoms with Gasteiger partial charge in [0.05, 0.1) is 5.02 Å². The second-order valence-corrected chi connectivity index (χ2v) is 3.90. The van der Waals surface area contributed by atoms with Crippen LogP contribution in [0.25, 0.3) is 5.65 Å². The van der Waals surface area contributed by atoms with Crippen molar-refractivity contribution in [2.24, 2.45) is 0 Å². The van der Waals surface area contributed by atoms with Gasteiger partial charge in [0, 0.05) is 9.77 Å². The molecule has 0 fully saturated rings. The van der Waals surface area contributed by atoms with Gasteiger partial charge in [0.2, 0.25) is 5.95 Å². The molecule has 0 radical (unpaired) electrons. The first kappa shape index (κ1) is 8.06. The molecule has 0 atom stereocenters. The number of nitrogen functional groups attached to an aromatic ring is 1. The summed E-state index contributed by atoms with van der Waals surface area (Å²) >= 11 is 8.04. The van der Waals surface area contributed by atoms with Crippen molar-refractivity contribution < 1.29 is 0 Å². The Labute approximate surface area is 86.9 Å². The van der Waals surface area contributed by atoms with E-state index in [9.17, 15) is 0 Å². The number of nitrogens with zero attached hydrogens (tertiary/aromatic N) is 3. The minimum atomic E-state index is 0.235. The molecule has 0 aliphatic carbocycles. The molecule has 2 N–H and O–H groups in total. The largest absolute Gasteiger partial charge is 0.366 e. The van der Waals surface area contributed by atoms with E-state index in [4.69, 9.17) is 17.3 Å². The molecule has 0 saturated heterocycles. The molecule has 2 heterocycles. The lowest BCUT2D eigenvalue weighted by Gasteiger charge is -1.94. The summed E-state index contributed by atoms with van der Waals surface area (Å²) in [5.74, 6) is 0.235. The molecule has 12 heavy (non-hydrogen) atoms. The van der Waals surface area contributed by atoms with Crippen LogP contribution in [0, 0.1) is 3.57 Å². The van der Waals surface area contributed by atoms with Crippen LogP contribution in [0.4, 0.5) is 5.95 Å². The Bertz CT molecular complexity index is 438. The van der Waals surface area contributed by atoms with E-state index in [1.54, 1.807) is 4.52 Å². The van der Waals surface area contributed by atoms with Crippen LogP contribution in [0.3, 0.4) is 0 Å². The highest BCUT2D eigenvalue weighted by molar-refractivity contribution is 14.1. The summed E-state index contributed by atoms with van der Waals surface area (Å²) in [6.07, 6.45) is 1.81. The number of aromatic nitrogens is 3. The van der Waals surface area contributed by atoms with Gasteiger partial charge in [-0.25, -0.2) is 4.52 Å². The third kappa shape index (κ3) is 1.22. The monoisotopic (exact) mass is 294 g/mol. The molecule has 2 aromatic heterocycles. The molecular formula is C6H4ClIN4. The summed E-state index contributed by atoms with van der Waals surface area (Å²) in [6, 6.07) is 1.81. The Morgan fingerprint density at radius 3 is 3.08 bits per heavy atom. The number of nitrogens with two attached hydrogens (primary N) is 1. The van der Waals surface area contributed by atoms with Crippen molar-refractivity contribution in [1.82, 2.24) is 14.6 Å². The van der Waals surface area contributed by atoms with Crippen molar-refractivity contribution in [3.63, 3.8) is 0 Å². The normalized spacial score (nSPS) is 10.8. The molecule has 6 heteroatoms. The van der Waals surface area contributed by atoms with Gasteiger partial charge in [0.25, 0.3) is 0 Å². The van der Waals surface area contributed by atoms with Crippen LogP contribution in [-0.4, -0.2) is 14.6 Å². The molecule has 0 bridgehead atoms. The molecule has 2 rings (SSSR count). The van der Waals surface area contributed by atoms with E-state index >= 15 is 0 Å². The number of halogens is 2. The van der Waals surface area contributed by atoms with Gasteiger partial charge in [0.1, 0.15) is 0 Å². The molecule has 0 spiro atoms. The second kappa shape index (κ2) is 2.74. The van der Waals surface area contributed by atoms with Gasteiger partial charge in [-0.2, -0.15) is 4.98 Å². The third-order valence-electron chi connectivity index (χ3n) is 1.37. The number of pyridine rings is 1. The van der Waals surface area contributed by atoms with Crippen molar-refractivity contribution in [1.29, 1.82) is 0 Å². The Kier molecular flexibility index (Phi) is 1.84. The van der Waals surface area contributed by atoms with Crippen molar-refractivity contribution >= 4 is 45.8 Å². The molecule has 62 valence electrons. The number of hydrogen-bond donors (Lipinski definition) is 1. The molecule has 0 amide bonds. The number of rotatable bonds is 0. The highest BCUT2D eigenvalue weighted by Gasteiger charge is 2.04. The first-order chi connectivity index (χ1) is 5.66. The van der Waals surface area contributed by atoms with Gasteiger partial charge in [0.15, 0.2) is 5.65 Å². The SMILES string of the molecule is Nc1nc2c(Cl)cc(I)cn2n1. The number of anilines is 1. The average Bonchev–Trinajstić information content (AvgIpc) is 2.29. The zero-order valence-corrected chi connectivity index (χ0v) is 8.74. The Balaban J connectivity index is 2.88. The highest BCUT2D eigenvalue weighted by Crippen LogP contribution is 2.18. The maximum absolute atomic E-state index is 5.89. The fraction of sp³-hybridized carbons (Fsp3) is 0. The second-order valence-electron chi connectivity index (χ2n) is 2.24. The smallest absolute Gasteiger partial charge is 0.240 e. The molecule has 0 aromatic carbocycles. The van der Waals surface area contributed by atoms with Crippen LogP contribution in [0.2, 0.25) is 5.02 Å². The lowest BCUT2D eigenvalue weighted by atomic mass is 10.5. The summed E-state index contributed by atoms with van der Waals surface area (Å²) in [6.45, 7) is 0. The van der Waals surface area contributed by atoms with Crippen molar-refractivity contribution in [2.75, 3.05) is 5.73 Å². The van der Waals surface area contributed by atoms with Crippen LogP contribution < -0.4 is 5.73 Å². The Morgan fingerprint density at radius 1 is 1.58 bits per heavy atom. The van der Waals surface area contributed by atoms with E-state index in [0.29, 0.717) is 10.7 Å². The van der Waals surface area contributed by atoms with Crippen LogP contribution in [-0.2, 0) is 0 Å². The average molecular weight is 294 g/mol. The molecule has 4 nitrogen and oxygen atoms in total. The van der Waals surface area contributed by atoms with E-state index in [2.05, 4.69) is 32.7 Å². The van der Waals surface area contributed by atoms with E-state index in [1.807, 2.05) is 12.3 Å². The van der Waals surface area contributed by atoms with E-state index in [1.165, 1.54) is 0 Å². The summed E-state index contributed by atoms with van der Waals surface area (Å²) in [7, 11) is 0. The van der Waals surface area contributed by atoms with Gasteiger partial charge in [-0.1, -0.05) is 11.6 Å². The standard InChI is InChI=1S/C6H4ClIN4/c7-4-1-3(8)2-12-5(4)10-6(9)11-12/h1-2H,(H2,9,11). The predicted molar refractivity (Wildman–Crippen MR) is 55.1 cm³/mol. The summed E-state index contributed by atoms with van der Waals surface area (Å²) < 4.78 is 2.56. The van der Waals surface area contributed by atoms with Gasteiger partial charge in [-0.3, -0.25) is 0 Å². The van der Waals surface area contributed by atoms with Crippen LogP contribution in [0.15, 0.2) is 12.3 Å². The van der Waals surface area contributed by atoms with Crippen LogP contribution in [0.5, 0.6) is 0 Å². The summed E-state index contributed by atoms with van der Waals surface area (Å²) in [5.41, 5.74) is 6.00. The maximum Gasteiger partial charge on any atom is 0.240 e. The molecule has 2 aromatic rings. The van der Waals surface area contributed by atoms with Gasteiger partial charge in [-0.05, 0) is 28.7 Å². The quantitative estimate of drug-likeness (QED) is 0.750. The molecule has 0 aliphatic rings. The minimum Gasteiger partial charge on any atom is -0.366 e. The summed E-state index contributed by atoms with van der Waals surface area (Å²) in [4.78, 5) is 3.95. The number of hydrogen-bond acceptors (Lipinski definition) is 3. The minimum absolute atomic E-state index is 0.235. The Morgan fingerprint density at radius 2 is 2.33 bits per heavy atom. The van der Waals surface area contributed by atoms with E-state index in [0.717, 1.165) is 3.57 Å². The highest BCUT2D eigenvalue weighted by atomic mass is 127. The molecule has 0 unspecified atom stereocenters. The molecule has 0 saturated carbocycles. The first-order valence-electron chi connectivity index (χ1n) is 3.14. The fourth-order valence-electron chi connectivity index (χ4n) is 0.932. The zero-order chi connectivity index (χ0) is 8.72. The Hall–Kier alpha value is -0.560. The number of fused-ring (bicyclic) bond motifs is 1. The zero-order valence-electron chi connectivity index (χ0n) is 5.83. The first-order valence-corrected chi connectivity index (χ1v) is 4.59. The van der Waals surface area contributed by atoms with E-state index < -0.39 is 0 Å². The predicted octanol–water partition coefficient (Wildman–Crippen LogP) is 1.57. The maximum atomic E-state index is 5.89. The lowest BCUT2D eigenvalue weighted by molar-refractivity contribution is 0.962. The van der Waals surface area contributed by atoms with Crippen LogP contribution in [0.1, 0.15) is 0 Å². The fourth-order valence-corrected chi connectivity index (χ4v) is 1.94. The van der Waals surface area contributed by atoms with Crippen molar-refractivity contribution in [2.45, 2.75) is 0 Å². The van der Waals surface area contributed by atoms with Gasteiger partial charge < -0.3 is 5.73 Å².